The Hall–Kier alpha value is -1.81. The van der Waals surface area contributed by atoms with Crippen molar-refractivity contribution in [1.82, 2.24) is 14.3 Å². The van der Waals surface area contributed by atoms with Gasteiger partial charge in [0.1, 0.15) is 22.9 Å². The van der Waals surface area contributed by atoms with Gasteiger partial charge in [-0.25, -0.2) is 9.55 Å². The van der Waals surface area contributed by atoms with Crippen LogP contribution in [-0.4, -0.2) is 33.9 Å². The van der Waals surface area contributed by atoms with Crippen molar-refractivity contribution in [2.24, 2.45) is 0 Å². The normalized spacial score (nSPS) is 17.1. The molecule has 3 aromatic rings. The molecule has 0 spiro atoms. The Bertz CT molecular complexity index is 844. The monoisotopic (exact) mass is 325 g/mol. The van der Waals surface area contributed by atoms with Gasteiger partial charge in [0.05, 0.1) is 6.54 Å². The second-order valence-electron chi connectivity index (χ2n) is 8.15. The summed E-state index contributed by atoms with van der Waals surface area (Å²) in [6, 6.07) is 8.74. The van der Waals surface area contributed by atoms with Gasteiger partial charge in [-0.15, -0.1) is 0 Å². The molecule has 1 saturated heterocycles. The van der Waals surface area contributed by atoms with Crippen LogP contribution < -0.4 is 4.57 Å². The first-order valence-corrected chi connectivity index (χ1v) is 9.28. The minimum absolute atomic E-state index is 0.130. The minimum atomic E-state index is 0.130. The standard InChI is InChI=1S/C20H28N4/c1-20(2,3)18-15-24-17-10-6-5-9-16(17)23(19(24)21-18)14-13-22-11-7-4-8-12-22/h5-6,9-10,15H,4,7-8,11-14H2,1-3H3/p+1. The summed E-state index contributed by atoms with van der Waals surface area (Å²) < 4.78 is 4.78. The van der Waals surface area contributed by atoms with E-state index in [1.165, 1.54) is 54.9 Å². The van der Waals surface area contributed by atoms with Crippen LogP contribution in [0.15, 0.2) is 30.5 Å². The zero-order chi connectivity index (χ0) is 16.7. The lowest BCUT2D eigenvalue weighted by Gasteiger charge is -2.25. The average molecular weight is 325 g/mol. The fourth-order valence-electron chi connectivity index (χ4n) is 3.83. The van der Waals surface area contributed by atoms with Crippen LogP contribution in [0.4, 0.5) is 0 Å². The first kappa shape index (κ1) is 15.7. The van der Waals surface area contributed by atoms with E-state index in [4.69, 9.17) is 0 Å². The van der Waals surface area contributed by atoms with E-state index in [2.05, 4.69) is 70.1 Å². The van der Waals surface area contributed by atoms with E-state index in [9.17, 15) is 0 Å². The summed E-state index contributed by atoms with van der Waals surface area (Å²) in [4.78, 5) is 6.30. The van der Waals surface area contributed by atoms with Gasteiger partial charge in [-0.2, -0.15) is 4.40 Å². The first-order chi connectivity index (χ1) is 11.5. The van der Waals surface area contributed by atoms with Gasteiger partial charge >= 0.3 is 5.78 Å². The average Bonchev–Trinajstić information content (AvgIpc) is 3.12. The van der Waals surface area contributed by atoms with Gasteiger partial charge in [0.15, 0.2) is 0 Å². The van der Waals surface area contributed by atoms with E-state index < -0.39 is 0 Å². The van der Waals surface area contributed by atoms with E-state index in [1.807, 2.05) is 0 Å². The highest BCUT2D eigenvalue weighted by molar-refractivity contribution is 5.75. The number of fused-ring (bicyclic) bond motifs is 3. The molecule has 0 saturated carbocycles. The van der Waals surface area contributed by atoms with Crippen LogP contribution >= 0.6 is 0 Å². The van der Waals surface area contributed by atoms with Crippen LogP contribution in [0.1, 0.15) is 45.7 Å². The van der Waals surface area contributed by atoms with Gasteiger partial charge in [-0.1, -0.05) is 39.3 Å². The van der Waals surface area contributed by atoms with Crippen molar-refractivity contribution in [3.8, 4) is 0 Å². The molecule has 2 aromatic heterocycles. The molecule has 128 valence electrons. The molecule has 1 aromatic carbocycles. The lowest BCUT2D eigenvalue weighted by Crippen LogP contribution is -2.42. The van der Waals surface area contributed by atoms with Crippen molar-refractivity contribution in [2.45, 2.75) is 52.0 Å². The summed E-state index contributed by atoms with van der Waals surface area (Å²) in [6.07, 6.45) is 6.38. The van der Waals surface area contributed by atoms with Crippen molar-refractivity contribution >= 4 is 16.8 Å². The molecule has 1 N–H and O–H groups in total. The van der Waals surface area contributed by atoms with Crippen molar-refractivity contribution in [3.63, 3.8) is 0 Å². The number of imidazole rings is 2. The van der Waals surface area contributed by atoms with Crippen LogP contribution in [0.5, 0.6) is 0 Å². The van der Waals surface area contributed by atoms with E-state index >= 15 is 0 Å². The molecule has 0 bridgehead atoms. The van der Waals surface area contributed by atoms with E-state index in [0.29, 0.717) is 0 Å². The minimum Gasteiger partial charge on any atom is -0.300 e. The van der Waals surface area contributed by atoms with Gasteiger partial charge in [0.25, 0.3) is 0 Å². The molecule has 0 atom stereocenters. The lowest BCUT2D eigenvalue weighted by atomic mass is 9.93. The van der Waals surface area contributed by atoms with E-state index in [-0.39, 0.29) is 5.41 Å². The number of aromatic amines is 1. The number of hydrogen-bond donors (Lipinski definition) is 1. The van der Waals surface area contributed by atoms with Crippen LogP contribution in [0.3, 0.4) is 0 Å². The maximum Gasteiger partial charge on any atom is 0.367 e. The van der Waals surface area contributed by atoms with Gasteiger partial charge in [0, 0.05) is 12.0 Å². The van der Waals surface area contributed by atoms with Gasteiger partial charge < -0.3 is 4.90 Å². The number of rotatable bonds is 3. The molecule has 0 unspecified atom stereocenters. The Morgan fingerprint density at radius 3 is 2.58 bits per heavy atom. The molecule has 0 amide bonds. The zero-order valence-corrected chi connectivity index (χ0v) is 15.2. The Labute approximate surface area is 144 Å². The van der Waals surface area contributed by atoms with Crippen LogP contribution in [-0.2, 0) is 12.0 Å². The second-order valence-corrected chi connectivity index (χ2v) is 8.15. The molecule has 1 fully saturated rings. The Morgan fingerprint density at radius 2 is 1.83 bits per heavy atom. The number of aromatic nitrogens is 3. The number of likely N-dealkylation sites (tertiary alicyclic amines) is 1. The molecule has 4 heteroatoms. The van der Waals surface area contributed by atoms with Crippen molar-refractivity contribution < 1.29 is 4.57 Å². The molecule has 4 nitrogen and oxygen atoms in total. The van der Waals surface area contributed by atoms with Crippen LogP contribution in [0.2, 0.25) is 0 Å². The number of H-pyrrole nitrogens is 1. The predicted octanol–water partition coefficient (Wildman–Crippen LogP) is 3.49. The molecule has 3 heterocycles. The summed E-state index contributed by atoms with van der Waals surface area (Å²) in [7, 11) is 0. The third-order valence-electron chi connectivity index (χ3n) is 5.32. The number of nitrogens with zero attached hydrogens (tertiary/aromatic N) is 3. The van der Waals surface area contributed by atoms with E-state index in [1.54, 1.807) is 0 Å². The SMILES string of the molecule is CC(C)(C)c1cn2c3ccccc3[n+](CCN3CCCCC3)c2[nH]1. The topological polar surface area (TPSA) is 27.3 Å². The third-order valence-corrected chi connectivity index (χ3v) is 5.32. The molecule has 24 heavy (non-hydrogen) atoms. The quantitative estimate of drug-likeness (QED) is 0.733. The summed E-state index contributed by atoms with van der Waals surface area (Å²) in [5, 5.41) is 0. The lowest BCUT2D eigenvalue weighted by molar-refractivity contribution is -0.647. The number of para-hydroxylation sites is 2. The van der Waals surface area contributed by atoms with Crippen LogP contribution in [0.25, 0.3) is 16.8 Å². The van der Waals surface area contributed by atoms with Gasteiger partial charge in [-0.05, 0) is 38.1 Å². The molecular weight excluding hydrogens is 296 g/mol. The summed E-state index contributed by atoms with van der Waals surface area (Å²) in [5.41, 5.74) is 4.03. The predicted molar refractivity (Wildman–Crippen MR) is 98.4 cm³/mol. The third kappa shape index (κ3) is 2.73. The number of benzene rings is 1. The highest BCUT2D eigenvalue weighted by Crippen LogP contribution is 2.23. The van der Waals surface area contributed by atoms with Crippen molar-refractivity contribution in [3.05, 3.63) is 36.2 Å². The summed E-state index contributed by atoms with van der Waals surface area (Å²) in [5.74, 6) is 1.21. The fourth-order valence-corrected chi connectivity index (χ4v) is 3.83. The summed E-state index contributed by atoms with van der Waals surface area (Å²) >= 11 is 0. The van der Waals surface area contributed by atoms with Crippen molar-refractivity contribution in [2.75, 3.05) is 19.6 Å². The fraction of sp³-hybridized carbons (Fsp3) is 0.550. The van der Waals surface area contributed by atoms with Crippen LogP contribution in [0, 0.1) is 0 Å². The Balaban J connectivity index is 1.74. The summed E-state index contributed by atoms with van der Waals surface area (Å²) in [6.45, 7) is 11.5. The molecule has 4 rings (SSSR count). The Kier molecular flexibility index (Phi) is 3.87. The number of piperidine rings is 1. The molecule has 0 aliphatic carbocycles. The van der Waals surface area contributed by atoms with Gasteiger partial charge in [-0.3, -0.25) is 0 Å². The number of hydrogen-bond acceptors (Lipinski definition) is 1. The highest BCUT2D eigenvalue weighted by atomic mass is 15.2. The number of nitrogens with one attached hydrogen (secondary N) is 1. The van der Waals surface area contributed by atoms with Gasteiger partial charge in [0.2, 0.25) is 0 Å². The largest absolute Gasteiger partial charge is 0.367 e. The Morgan fingerprint density at radius 1 is 1.08 bits per heavy atom. The van der Waals surface area contributed by atoms with Crippen molar-refractivity contribution in [1.29, 1.82) is 0 Å². The zero-order valence-electron chi connectivity index (χ0n) is 15.2. The maximum absolute atomic E-state index is 3.69. The smallest absolute Gasteiger partial charge is 0.300 e. The molecule has 1 aliphatic heterocycles. The maximum atomic E-state index is 3.69. The van der Waals surface area contributed by atoms with E-state index in [0.717, 1.165) is 13.1 Å². The molecular formula is C20H29N4+. The first-order valence-electron chi connectivity index (χ1n) is 9.28. The highest BCUT2D eigenvalue weighted by Gasteiger charge is 2.26. The second kappa shape index (κ2) is 5.92. The molecule has 1 aliphatic rings. The molecule has 0 radical (unpaired) electrons.